The maximum atomic E-state index is 11.6. The maximum absolute atomic E-state index is 11.6. The minimum Gasteiger partial charge on any atom is -0.319 e. The van der Waals surface area contributed by atoms with Crippen LogP contribution in [0.5, 0.6) is 0 Å². The number of likely N-dealkylation sites (tertiary alicyclic amines) is 1. The number of carbonyl (C=O) groups excluding carboxylic acids is 1. The maximum Gasteiger partial charge on any atom is 0.229 e. The summed E-state index contributed by atoms with van der Waals surface area (Å²) in [5.41, 5.74) is 0. The number of hydrogen-bond donors (Lipinski definition) is 0. The zero-order valence-corrected chi connectivity index (χ0v) is 8.62. The Balaban J connectivity index is 2.50. The van der Waals surface area contributed by atoms with Gasteiger partial charge in [-0.15, -0.1) is 0 Å². The molecule has 0 radical (unpaired) electrons. The third-order valence-corrected chi connectivity index (χ3v) is 2.96. The highest BCUT2D eigenvalue weighted by atomic mass is 16.2. The van der Waals surface area contributed by atoms with Crippen LogP contribution in [-0.4, -0.2) is 17.4 Å². The van der Waals surface area contributed by atoms with E-state index in [9.17, 15) is 4.79 Å². The van der Waals surface area contributed by atoms with Crippen LogP contribution in [0, 0.1) is 11.8 Å². The fourth-order valence-electron chi connectivity index (χ4n) is 1.94. The Morgan fingerprint density at radius 2 is 2.38 bits per heavy atom. The normalized spacial score (nSPS) is 28.2. The molecule has 74 valence electrons. The first-order chi connectivity index (χ1) is 6.20. The van der Waals surface area contributed by atoms with E-state index in [4.69, 9.17) is 0 Å². The van der Waals surface area contributed by atoms with E-state index in [0.717, 1.165) is 6.54 Å². The Labute approximate surface area is 80.6 Å². The Morgan fingerprint density at radius 3 is 2.85 bits per heavy atom. The van der Waals surface area contributed by atoms with E-state index in [1.165, 1.54) is 19.3 Å². The molecule has 1 saturated heterocycles. The van der Waals surface area contributed by atoms with Gasteiger partial charge in [0.2, 0.25) is 5.91 Å². The standard InChI is InChI=1S/C11H19NO/c1-4-6-7-10-8-12(5-2)11(13)9(10)3/h5,9-10H,2,4,6-8H2,1,3H3. The van der Waals surface area contributed by atoms with Gasteiger partial charge in [0.05, 0.1) is 0 Å². The monoisotopic (exact) mass is 181 g/mol. The van der Waals surface area contributed by atoms with Crippen molar-refractivity contribution in [2.45, 2.75) is 33.1 Å². The molecule has 0 aromatic carbocycles. The molecule has 1 fully saturated rings. The van der Waals surface area contributed by atoms with Gasteiger partial charge in [0.25, 0.3) is 0 Å². The first-order valence-corrected chi connectivity index (χ1v) is 5.13. The Bertz CT molecular complexity index is 200. The van der Waals surface area contributed by atoms with Crippen molar-refractivity contribution in [2.24, 2.45) is 11.8 Å². The molecule has 0 N–H and O–H groups in total. The molecule has 2 nitrogen and oxygen atoms in total. The molecular formula is C11H19NO. The fourth-order valence-corrected chi connectivity index (χ4v) is 1.94. The fraction of sp³-hybridized carbons (Fsp3) is 0.727. The number of rotatable bonds is 4. The van der Waals surface area contributed by atoms with Crippen LogP contribution >= 0.6 is 0 Å². The molecule has 1 aliphatic rings. The molecule has 1 aliphatic heterocycles. The molecule has 2 heteroatoms. The molecule has 13 heavy (non-hydrogen) atoms. The molecule has 0 aromatic heterocycles. The van der Waals surface area contributed by atoms with Crippen molar-refractivity contribution in [3.05, 3.63) is 12.8 Å². The Kier molecular flexibility index (Phi) is 3.52. The van der Waals surface area contributed by atoms with Crippen LogP contribution < -0.4 is 0 Å². The van der Waals surface area contributed by atoms with Gasteiger partial charge in [0.1, 0.15) is 0 Å². The first-order valence-electron chi connectivity index (χ1n) is 5.13. The summed E-state index contributed by atoms with van der Waals surface area (Å²) >= 11 is 0. The van der Waals surface area contributed by atoms with Crippen molar-refractivity contribution < 1.29 is 4.79 Å². The van der Waals surface area contributed by atoms with Crippen molar-refractivity contribution >= 4 is 5.91 Å². The van der Waals surface area contributed by atoms with Crippen molar-refractivity contribution in [1.82, 2.24) is 4.90 Å². The summed E-state index contributed by atoms with van der Waals surface area (Å²) in [7, 11) is 0. The zero-order chi connectivity index (χ0) is 9.84. The molecule has 2 atom stereocenters. The van der Waals surface area contributed by atoms with Crippen molar-refractivity contribution in [2.75, 3.05) is 6.54 Å². The minimum atomic E-state index is 0.199. The van der Waals surface area contributed by atoms with E-state index in [-0.39, 0.29) is 11.8 Å². The van der Waals surface area contributed by atoms with Crippen molar-refractivity contribution in [1.29, 1.82) is 0 Å². The summed E-state index contributed by atoms with van der Waals surface area (Å²) in [5, 5.41) is 0. The van der Waals surface area contributed by atoms with Gasteiger partial charge in [0.15, 0.2) is 0 Å². The second-order valence-electron chi connectivity index (χ2n) is 3.86. The largest absolute Gasteiger partial charge is 0.319 e. The highest BCUT2D eigenvalue weighted by molar-refractivity contribution is 5.81. The van der Waals surface area contributed by atoms with Crippen LogP contribution in [-0.2, 0) is 4.79 Å². The summed E-state index contributed by atoms with van der Waals surface area (Å²) in [6.07, 6.45) is 5.28. The average molecular weight is 181 g/mol. The lowest BCUT2D eigenvalue weighted by Gasteiger charge is -2.10. The first kappa shape index (κ1) is 10.3. The molecular weight excluding hydrogens is 162 g/mol. The summed E-state index contributed by atoms with van der Waals surface area (Å²) < 4.78 is 0. The summed E-state index contributed by atoms with van der Waals surface area (Å²) in [4.78, 5) is 13.3. The number of amides is 1. The lowest BCUT2D eigenvalue weighted by molar-refractivity contribution is -0.128. The molecule has 0 bridgehead atoms. The Hall–Kier alpha value is -0.790. The van der Waals surface area contributed by atoms with E-state index in [0.29, 0.717) is 5.92 Å². The molecule has 1 rings (SSSR count). The van der Waals surface area contributed by atoms with Gasteiger partial charge < -0.3 is 4.90 Å². The third kappa shape index (κ3) is 2.11. The van der Waals surface area contributed by atoms with Crippen LogP contribution in [0.2, 0.25) is 0 Å². The minimum absolute atomic E-state index is 0.199. The molecule has 2 unspecified atom stereocenters. The lowest BCUT2D eigenvalue weighted by atomic mass is 9.92. The van der Waals surface area contributed by atoms with E-state index >= 15 is 0 Å². The van der Waals surface area contributed by atoms with Crippen LogP contribution in [0.3, 0.4) is 0 Å². The van der Waals surface area contributed by atoms with Gasteiger partial charge in [-0.25, -0.2) is 0 Å². The van der Waals surface area contributed by atoms with E-state index < -0.39 is 0 Å². The zero-order valence-electron chi connectivity index (χ0n) is 8.62. The molecule has 1 amide bonds. The SMILES string of the molecule is C=CN1CC(CCCC)C(C)C1=O. The van der Waals surface area contributed by atoms with Crippen molar-refractivity contribution in [3.63, 3.8) is 0 Å². The molecule has 0 spiro atoms. The van der Waals surface area contributed by atoms with Gasteiger partial charge in [-0.2, -0.15) is 0 Å². The second-order valence-corrected chi connectivity index (χ2v) is 3.86. The van der Waals surface area contributed by atoms with Crippen LogP contribution in [0.1, 0.15) is 33.1 Å². The Morgan fingerprint density at radius 1 is 1.69 bits per heavy atom. The predicted octanol–water partition coefficient (Wildman–Crippen LogP) is 2.41. The molecule has 0 saturated carbocycles. The summed E-state index contributed by atoms with van der Waals surface area (Å²) in [6.45, 7) is 8.75. The van der Waals surface area contributed by atoms with Gasteiger partial charge >= 0.3 is 0 Å². The summed E-state index contributed by atoms with van der Waals surface area (Å²) in [5.74, 6) is 0.992. The highest BCUT2D eigenvalue weighted by Gasteiger charge is 2.34. The molecule has 0 aliphatic carbocycles. The van der Waals surface area contributed by atoms with Gasteiger partial charge in [-0.3, -0.25) is 4.79 Å². The highest BCUT2D eigenvalue weighted by Crippen LogP contribution is 2.28. The number of hydrogen-bond acceptors (Lipinski definition) is 1. The quantitative estimate of drug-likeness (QED) is 0.652. The van der Waals surface area contributed by atoms with E-state index in [2.05, 4.69) is 13.5 Å². The van der Waals surface area contributed by atoms with E-state index in [1.807, 2.05) is 6.92 Å². The van der Waals surface area contributed by atoms with Crippen LogP contribution in [0.4, 0.5) is 0 Å². The smallest absolute Gasteiger partial charge is 0.229 e. The summed E-state index contributed by atoms with van der Waals surface area (Å²) in [6, 6.07) is 0. The second kappa shape index (κ2) is 4.45. The van der Waals surface area contributed by atoms with Gasteiger partial charge in [-0.05, 0) is 18.5 Å². The topological polar surface area (TPSA) is 20.3 Å². The van der Waals surface area contributed by atoms with E-state index in [1.54, 1.807) is 11.1 Å². The molecule has 0 aromatic rings. The molecule has 1 heterocycles. The van der Waals surface area contributed by atoms with Gasteiger partial charge in [-0.1, -0.05) is 33.3 Å². The predicted molar refractivity (Wildman–Crippen MR) is 54.1 cm³/mol. The number of nitrogens with zero attached hydrogens (tertiary/aromatic N) is 1. The lowest BCUT2D eigenvalue weighted by Crippen LogP contribution is -2.19. The third-order valence-electron chi connectivity index (χ3n) is 2.96. The van der Waals surface area contributed by atoms with Gasteiger partial charge in [0, 0.05) is 12.5 Å². The van der Waals surface area contributed by atoms with Crippen LogP contribution in [0.25, 0.3) is 0 Å². The number of unbranched alkanes of at least 4 members (excludes halogenated alkanes) is 1. The van der Waals surface area contributed by atoms with Crippen LogP contribution in [0.15, 0.2) is 12.8 Å². The number of carbonyl (C=O) groups is 1. The average Bonchev–Trinajstić information content (AvgIpc) is 2.41. The van der Waals surface area contributed by atoms with Crippen molar-refractivity contribution in [3.8, 4) is 0 Å².